The second-order valence-electron chi connectivity index (χ2n) is 3.97. The Morgan fingerprint density at radius 2 is 2.21 bits per heavy atom. The van der Waals surface area contributed by atoms with Gasteiger partial charge in [-0.25, -0.2) is 0 Å². The monoisotopic (exact) mass is 305 g/mol. The lowest BCUT2D eigenvalue weighted by Crippen LogP contribution is -2.33. The molecule has 6 heteroatoms. The van der Waals surface area contributed by atoms with Crippen molar-refractivity contribution in [2.45, 2.75) is 19.4 Å². The van der Waals surface area contributed by atoms with E-state index in [4.69, 9.17) is 32.7 Å². The highest BCUT2D eigenvalue weighted by atomic mass is 35.5. The van der Waals surface area contributed by atoms with E-state index in [1.54, 1.807) is 25.3 Å². The number of hydrogen-bond donors (Lipinski definition) is 1. The molecule has 0 fully saturated rings. The van der Waals surface area contributed by atoms with Crippen molar-refractivity contribution < 1.29 is 14.3 Å². The standard InChI is InChI=1S/C13H17Cl2NO3/c1-9(8-16-13(17)5-6-14)19-12-4-3-10(18-2)7-11(12)15/h3-4,7,9H,5-6,8H2,1-2H3,(H,16,17). The first-order valence-corrected chi connectivity index (χ1v) is 6.81. The molecule has 0 heterocycles. The van der Waals surface area contributed by atoms with Gasteiger partial charge in [0, 0.05) is 18.4 Å². The summed E-state index contributed by atoms with van der Waals surface area (Å²) in [5, 5.41) is 3.20. The number of ether oxygens (including phenoxy) is 2. The van der Waals surface area contributed by atoms with Gasteiger partial charge < -0.3 is 14.8 Å². The third-order valence-corrected chi connectivity index (χ3v) is 2.86. The summed E-state index contributed by atoms with van der Waals surface area (Å²) in [5.41, 5.74) is 0. The van der Waals surface area contributed by atoms with E-state index >= 15 is 0 Å². The number of alkyl halides is 1. The first-order chi connectivity index (χ1) is 9.06. The van der Waals surface area contributed by atoms with Crippen molar-refractivity contribution in [2.75, 3.05) is 19.5 Å². The van der Waals surface area contributed by atoms with E-state index in [0.29, 0.717) is 35.4 Å². The van der Waals surface area contributed by atoms with Gasteiger partial charge in [-0.2, -0.15) is 0 Å². The molecule has 1 N–H and O–H groups in total. The number of halogens is 2. The van der Waals surface area contributed by atoms with E-state index in [1.807, 2.05) is 6.92 Å². The van der Waals surface area contributed by atoms with Gasteiger partial charge in [0.2, 0.25) is 5.91 Å². The summed E-state index contributed by atoms with van der Waals surface area (Å²) in [4.78, 5) is 11.3. The summed E-state index contributed by atoms with van der Waals surface area (Å²) in [5.74, 6) is 1.44. The Kier molecular flexibility index (Phi) is 6.81. The molecule has 0 saturated carbocycles. The zero-order chi connectivity index (χ0) is 14.3. The van der Waals surface area contributed by atoms with Crippen LogP contribution in [0.4, 0.5) is 0 Å². The lowest BCUT2D eigenvalue weighted by atomic mass is 10.3. The Morgan fingerprint density at radius 1 is 1.47 bits per heavy atom. The molecule has 19 heavy (non-hydrogen) atoms. The minimum Gasteiger partial charge on any atom is -0.497 e. The van der Waals surface area contributed by atoms with Crippen molar-refractivity contribution in [3.8, 4) is 11.5 Å². The molecule has 0 aromatic heterocycles. The Labute approximate surface area is 123 Å². The lowest BCUT2D eigenvalue weighted by Gasteiger charge is -2.16. The summed E-state index contributed by atoms with van der Waals surface area (Å²) in [6.45, 7) is 2.25. The number of hydrogen-bond acceptors (Lipinski definition) is 3. The van der Waals surface area contributed by atoms with Gasteiger partial charge in [-0.3, -0.25) is 4.79 Å². The molecule has 4 nitrogen and oxygen atoms in total. The number of amides is 1. The second kappa shape index (κ2) is 8.12. The maximum atomic E-state index is 11.3. The molecule has 0 spiro atoms. The van der Waals surface area contributed by atoms with E-state index in [0.717, 1.165) is 0 Å². The maximum Gasteiger partial charge on any atom is 0.221 e. The van der Waals surface area contributed by atoms with Crippen molar-refractivity contribution in [3.05, 3.63) is 23.2 Å². The topological polar surface area (TPSA) is 47.6 Å². The first kappa shape index (κ1) is 15.9. The second-order valence-corrected chi connectivity index (χ2v) is 4.75. The molecule has 0 bridgehead atoms. The highest BCUT2D eigenvalue weighted by Gasteiger charge is 2.09. The Morgan fingerprint density at radius 3 is 2.79 bits per heavy atom. The fourth-order valence-corrected chi connectivity index (χ4v) is 1.78. The highest BCUT2D eigenvalue weighted by molar-refractivity contribution is 6.32. The van der Waals surface area contributed by atoms with Crippen molar-refractivity contribution in [2.24, 2.45) is 0 Å². The van der Waals surface area contributed by atoms with Crippen molar-refractivity contribution in [1.82, 2.24) is 5.32 Å². The van der Waals surface area contributed by atoms with Crippen LogP contribution < -0.4 is 14.8 Å². The predicted octanol–water partition coefficient (Wildman–Crippen LogP) is 2.86. The summed E-state index contributed by atoms with van der Waals surface area (Å²) >= 11 is 11.5. The summed E-state index contributed by atoms with van der Waals surface area (Å²) in [6.07, 6.45) is 0.113. The van der Waals surface area contributed by atoms with Crippen LogP contribution in [0.5, 0.6) is 11.5 Å². The number of carbonyl (C=O) groups is 1. The number of carbonyl (C=O) groups excluding carboxylic acids is 1. The van der Waals surface area contributed by atoms with Crippen LogP contribution in [0.15, 0.2) is 18.2 Å². The number of benzene rings is 1. The van der Waals surface area contributed by atoms with Gasteiger partial charge in [-0.05, 0) is 19.1 Å². The molecule has 106 valence electrons. The lowest BCUT2D eigenvalue weighted by molar-refractivity contribution is -0.121. The van der Waals surface area contributed by atoms with Crippen LogP contribution >= 0.6 is 23.2 Å². The molecule has 1 atom stereocenters. The van der Waals surface area contributed by atoms with E-state index in [1.165, 1.54) is 0 Å². The van der Waals surface area contributed by atoms with Crippen LogP contribution in [0.3, 0.4) is 0 Å². The van der Waals surface area contributed by atoms with Crippen LogP contribution in [0.25, 0.3) is 0 Å². The molecular weight excluding hydrogens is 289 g/mol. The maximum absolute atomic E-state index is 11.3. The summed E-state index contributed by atoms with van der Waals surface area (Å²) < 4.78 is 10.7. The van der Waals surface area contributed by atoms with Crippen molar-refractivity contribution in [1.29, 1.82) is 0 Å². The van der Waals surface area contributed by atoms with Crippen LogP contribution in [0.1, 0.15) is 13.3 Å². The Balaban J connectivity index is 2.48. The largest absolute Gasteiger partial charge is 0.497 e. The molecule has 0 aliphatic rings. The summed E-state index contributed by atoms with van der Waals surface area (Å²) in [6, 6.07) is 5.17. The quantitative estimate of drug-likeness (QED) is 0.788. The normalized spacial score (nSPS) is 11.8. The van der Waals surface area contributed by atoms with Gasteiger partial charge in [0.1, 0.15) is 17.6 Å². The zero-order valence-electron chi connectivity index (χ0n) is 10.9. The molecule has 0 aliphatic heterocycles. The van der Waals surface area contributed by atoms with E-state index < -0.39 is 0 Å². The van der Waals surface area contributed by atoms with Gasteiger partial charge in [0.25, 0.3) is 0 Å². The van der Waals surface area contributed by atoms with E-state index in [9.17, 15) is 4.79 Å². The van der Waals surface area contributed by atoms with Gasteiger partial charge in [0.05, 0.1) is 18.7 Å². The fourth-order valence-electron chi connectivity index (χ4n) is 1.39. The molecule has 0 radical (unpaired) electrons. The minimum atomic E-state index is -0.190. The van der Waals surface area contributed by atoms with E-state index in [2.05, 4.69) is 5.32 Å². The molecule has 1 aromatic rings. The predicted molar refractivity (Wildman–Crippen MR) is 76.4 cm³/mol. The van der Waals surface area contributed by atoms with Crippen LogP contribution in [-0.4, -0.2) is 31.5 Å². The average Bonchev–Trinajstić information content (AvgIpc) is 2.39. The number of nitrogens with one attached hydrogen (secondary N) is 1. The van der Waals surface area contributed by atoms with Gasteiger partial charge >= 0.3 is 0 Å². The van der Waals surface area contributed by atoms with Crippen LogP contribution in [-0.2, 0) is 4.79 Å². The fraction of sp³-hybridized carbons (Fsp3) is 0.462. The Hall–Kier alpha value is -1.13. The molecule has 0 saturated heterocycles. The smallest absolute Gasteiger partial charge is 0.221 e. The first-order valence-electron chi connectivity index (χ1n) is 5.89. The van der Waals surface area contributed by atoms with Crippen LogP contribution in [0.2, 0.25) is 5.02 Å². The van der Waals surface area contributed by atoms with Crippen molar-refractivity contribution in [3.63, 3.8) is 0 Å². The average molecular weight is 306 g/mol. The third kappa shape index (κ3) is 5.57. The third-order valence-electron chi connectivity index (χ3n) is 2.38. The van der Waals surface area contributed by atoms with Crippen LogP contribution in [0, 0.1) is 0 Å². The highest BCUT2D eigenvalue weighted by Crippen LogP contribution is 2.29. The molecule has 1 amide bonds. The summed E-state index contributed by atoms with van der Waals surface area (Å²) in [7, 11) is 1.57. The van der Waals surface area contributed by atoms with E-state index in [-0.39, 0.29) is 12.0 Å². The zero-order valence-corrected chi connectivity index (χ0v) is 12.4. The molecule has 1 aromatic carbocycles. The molecular formula is C13H17Cl2NO3. The molecule has 0 aliphatic carbocycles. The number of methoxy groups -OCH3 is 1. The van der Waals surface area contributed by atoms with Gasteiger partial charge in [-0.1, -0.05) is 11.6 Å². The molecule has 1 unspecified atom stereocenters. The van der Waals surface area contributed by atoms with Gasteiger partial charge in [0.15, 0.2) is 0 Å². The van der Waals surface area contributed by atoms with Crippen molar-refractivity contribution >= 4 is 29.1 Å². The van der Waals surface area contributed by atoms with Gasteiger partial charge in [-0.15, -0.1) is 11.6 Å². The SMILES string of the molecule is COc1ccc(OC(C)CNC(=O)CCCl)c(Cl)c1. The number of rotatable bonds is 7. The molecule has 1 rings (SSSR count). The minimum absolute atomic E-state index is 0.0914. The Bertz CT molecular complexity index is 426.